The lowest BCUT2D eigenvalue weighted by Crippen LogP contribution is -2.13. The van der Waals surface area contributed by atoms with Gasteiger partial charge >= 0.3 is 0 Å². The number of hydrogen-bond acceptors (Lipinski definition) is 6. The number of nitrogens with zero attached hydrogens (tertiary/aromatic N) is 8. The maximum absolute atomic E-state index is 5.19. The molecule has 0 bridgehead atoms. The van der Waals surface area contributed by atoms with Crippen LogP contribution in [-0.4, -0.2) is 44.9 Å². The minimum atomic E-state index is 0.202. The maximum atomic E-state index is 5.19. The second-order valence-electron chi connectivity index (χ2n) is 10.7. The summed E-state index contributed by atoms with van der Waals surface area (Å²) in [6, 6.07) is 19.6. The zero-order valence-corrected chi connectivity index (χ0v) is 23.2. The van der Waals surface area contributed by atoms with E-state index in [-0.39, 0.29) is 6.04 Å². The summed E-state index contributed by atoms with van der Waals surface area (Å²) in [5.74, 6) is 1.75. The Morgan fingerprint density at radius 3 is 2.58 bits per heavy atom. The van der Waals surface area contributed by atoms with Gasteiger partial charge < -0.3 is 4.57 Å². The smallest absolute Gasteiger partial charge is 0.180 e. The van der Waals surface area contributed by atoms with Gasteiger partial charge in [-0.25, -0.2) is 15.1 Å². The Balaban J connectivity index is 1.30. The van der Waals surface area contributed by atoms with Crippen LogP contribution in [0.25, 0.3) is 33.7 Å². The Labute approximate surface area is 232 Å². The summed E-state index contributed by atoms with van der Waals surface area (Å²) >= 11 is 0. The molecule has 9 heteroatoms. The Hall–Kier alpha value is -4.66. The molecule has 9 nitrogen and oxygen atoms in total. The summed E-state index contributed by atoms with van der Waals surface area (Å²) < 4.78 is 4.43. The fourth-order valence-corrected chi connectivity index (χ4v) is 6.22. The molecule has 4 aromatic heterocycles. The van der Waals surface area contributed by atoms with E-state index in [0.29, 0.717) is 12.4 Å². The molecule has 0 spiro atoms. The standard InChI is InChI=1S/C31H31N9/c1-5-28-33-29-18(2)14-23(17-39-20(4)15-19(3)36-39)32-31(29)40(28)27-13-11-22-16-21(10-12-25(22)27)24-8-6-7-9-26(24)30-34-37-38-35-30/h6-10,12,14-16,27H,5,11,13,17H2,1-4H3,(H,34,35,37,38). The lowest BCUT2D eigenvalue weighted by molar-refractivity contribution is 0.565. The summed E-state index contributed by atoms with van der Waals surface area (Å²) in [6.45, 7) is 9.09. The number of imidazole rings is 1. The molecule has 0 saturated carbocycles. The van der Waals surface area contributed by atoms with Crippen LogP contribution in [0.15, 0.2) is 54.6 Å². The van der Waals surface area contributed by atoms with Crippen molar-refractivity contribution in [3.8, 4) is 22.5 Å². The number of H-pyrrole nitrogens is 1. The highest BCUT2D eigenvalue weighted by atomic mass is 15.5. The van der Waals surface area contributed by atoms with E-state index in [9.17, 15) is 0 Å². The van der Waals surface area contributed by atoms with Crippen LogP contribution < -0.4 is 0 Å². The highest BCUT2D eigenvalue weighted by Gasteiger charge is 2.29. The van der Waals surface area contributed by atoms with Crippen LogP contribution >= 0.6 is 0 Å². The Morgan fingerprint density at radius 1 is 0.975 bits per heavy atom. The quantitative estimate of drug-likeness (QED) is 0.304. The summed E-state index contributed by atoms with van der Waals surface area (Å²) in [6.07, 6.45) is 2.88. The van der Waals surface area contributed by atoms with Crippen molar-refractivity contribution in [2.24, 2.45) is 0 Å². The van der Waals surface area contributed by atoms with Crippen LogP contribution in [-0.2, 0) is 19.4 Å². The summed E-state index contributed by atoms with van der Waals surface area (Å²) in [7, 11) is 0. The first-order valence-corrected chi connectivity index (χ1v) is 13.8. The van der Waals surface area contributed by atoms with E-state index in [1.165, 1.54) is 16.7 Å². The van der Waals surface area contributed by atoms with Crippen LogP contribution in [0.5, 0.6) is 0 Å². The van der Waals surface area contributed by atoms with Crippen molar-refractivity contribution in [2.75, 3.05) is 0 Å². The van der Waals surface area contributed by atoms with Crippen molar-refractivity contribution in [2.45, 2.75) is 59.5 Å². The van der Waals surface area contributed by atoms with Crippen molar-refractivity contribution in [1.82, 2.24) is 44.9 Å². The predicted octanol–water partition coefficient (Wildman–Crippen LogP) is 5.55. The monoisotopic (exact) mass is 529 g/mol. The number of tetrazole rings is 1. The third-order valence-corrected chi connectivity index (χ3v) is 8.04. The topological polar surface area (TPSA) is 103 Å². The molecule has 7 rings (SSSR count). The predicted molar refractivity (Wildman–Crippen MR) is 154 cm³/mol. The number of pyridine rings is 1. The SMILES string of the molecule is CCc1nc2c(C)cc(Cn3nc(C)cc3C)nc2n1C1CCc2cc(-c3ccccc3-c3nnn[nH]3)ccc21. The van der Waals surface area contributed by atoms with Crippen molar-refractivity contribution >= 4 is 11.2 Å². The van der Waals surface area contributed by atoms with Crippen molar-refractivity contribution in [3.05, 3.63) is 94.2 Å². The third kappa shape index (κ3) is 4.00. The first kappa shape index (κ1) is 24.4. The summed E-state index contributed by atoms with van der Waals surface area (Å²) in [5.41, 5.74) is 12.3. The lowest BCUT2D eigenvalue weighted by Gasteiger charge is -2.18. The average molecular weight is 530 g/mol. The van der Waals surface area contributed by atoms with Crippen LogP contribution in [0, 0.1) is 20.8 Å². The molecule has 0 amide bonds. The highest BCUT2D eigenvalue weighted by Crippen LogP contribution is 2.40. The molecule has 40 heavy (non-hydrogen) atoms. The second kappa shape index (κ2) is 9.51. The fourth-order valence-electron chi connectivity index (χ4n) is 6.22. The first-order chi connectivity index (χ1) is 19.5. The zero-order valence-electron chi connectivity index (χ0n) is 23.2. The molecule has 0 radical (unpaired) electrons. The van der Waals surface area contributed by atoms with Gasteiger partial charge in [0.2, 0.25) is 0 Å². The van der Waals surface area contributed by atoms with E-state index >= 15 is 0 Å². The summed E-state index contributed by atoms with van der Waals surface area (Å²) in [4.78, 5) is 10.3. The first-order valence-electron chi connectivity index (χ1n) is 13.8. The highest BCUT2D eigenvalue weighted by molar-refractivity contribution is 5.81. The van der Waals surface area contributed by atoms with Crippen LogP contribution in [0.1, 0.15) is 59.0 Å². The molecule has 0 aliphatic heterocycles. The van der Waals surface area contributed by atoms with Gasteiger partial charge in [-0.1, -0.05) is 49.4 Å². The van der Waals surface area contributed by atoms with Crippen LogP contribution in [0.2, 0.25) is 0 Å². The van der Waals surface area contributed by atoms with Gasteiger partial charge in [-0.2, -0.15) is 5.10 Å². The molecule has 2 aromatic carbocycles. The average Bonchev–Trinajstić information content (AvgIpc) is 3.75. The minimum absolute atomic E-state index is 0.202. The Morgan fingerprint density at radius 2 is 1.82 bits per heavy atom. The second-order valence-corrected chi connectivity index (χ2v) is 10.7. The van der Waals surface area contributed by atoms with Crippen molar-refractivity contribution in [1.29, 1.82) is 0 Å². The van der Waals surface area contributed by atoms with Crippen molar-refractivity contribution in [3.63, 3.8) is 0 Å². The number of aromatic amines is 1. The molecule has 0 fully saturated rings. The van der Waals surface area contributed by atoms with Gasteiger partial charge in [0.05, 0.1) is 24.0 Å². The Kier molecular flexibility index (Phi) is 5.80. The fraction of sp³-hybridized carbons (Fsp3) is 0.290. The number of aromatic nitrogens is 9. The molecular weight excluding hydrogens is 498 g/mol. The number of aryl methyl sites for hydroxylation is 5. The van der Waals surface area contributed by atoms with Gasteiger partial charge in [-0.3, -0.25) is 4.68 Å². The molecule has 1 aliphatic carbocycles. The molecule has 1 N–H and O–H groups in total. The lowest BCUT2D eigenvalue weighted by atomic mass is 9.96. The zero-order chi connectivity index (χ0) is 27.4. The van der Waals surface area contributed by atoms with Gasteiger partial charge in [-0.05, 0) is 84.0 Å². The van der Waals surface area contributed by atoms with Crippen molar-refractivity contribution < 1.29 is 0 Å². The molecule has 200 valence electrons. The van der Waals surface area contributed by atoms with Gasteiger partial charge in [0.25, 0.3) is 0 Å². The van der Waals surface area contributed by atoms with E-state index in [4.69, 9.17) is 9.97 Å². The number of hydrogen-bond donors (Lipinski definition) is 1. The number of nitrogens with one attached hydrogen (secondary N) is 1. The van der Waals surface area contributed by atoms with E-state index < -0.39 is 0 Å². The third-order valence-electron chi connectivity index (χ3n) is 8.04. The van der Waals surface area contributed by atoms with E-state index in [1.54, 1.807) is 0 Å². The summed E-state index contributed by atoms with van der Waals surface area (Å²) in [5, 5.41) is 19.3. The Bertz CT molecular complexity index is 1860. The minimum Gasteiger partial charge on any atom is -0.305 e. The molecule has 1 atom stereocenters. The molecule has 1 unspecified atom stereocenters. The van der Waals surface area contributed by atoms with Gasteiger partial charge in [0.1, 0.15) is 11.3 Å². The molecule has 4 heterocycles. The van der Waals surface area contributed by atoms with E-state index in [1.807, 2.05) is 17.7 Å². The number of rotatable bonds is 6. The number of fused-ring (bicyclic) bond motifs is 2. The van der Waals surface area contributed by atoms with E-state index in [2.05, 4.69) is 99.6 Å². The largest absolute Gasteiger partial charge is 0.305 e. The normalized spacial score (nSPS) is 14.8. The number of benzene rings is 2. The van der Waals surface area contributed by atoms with Crippen LogP contribution in [0.3, 0.4) is 0 Å². The van der Waals surface area contributed by atoms with Gasteiger partial charge in [-0.15, -0.1) is 5.10 Å². The van der Waals surface area contributed by atoms with Gasteiger partial charge in [0.15, 0.2) is 11.5 Å². The molecule has 6 aromatic rings. The molecular formula is C31H31N9. The van der Waals surface area contributed by atoms with Crippen LogP contribution in [0.4, 0.5) is 0 Å². The maximum Gasteiger partial charge on any atom is 0.180 e. The molecule has 1 aliphatic rings. The van der Waals surface area contributed by atoms with E-state index in [0.717, 1.165) is 70.0 Å². The van der Waals surface area contributed by atoms with Gasteiger partial charge in [0, 0.05) is 17.7 Å². The molecule has 0 saturated heterocycles.